The van der Waals surface area contributed by atoms with E-state index in [1.54, 1.807) is 6.92 Å². The van der Waals surface area contributed by atoms with Gasteiger partial charge in [0.1, 0.15) is 14.7 Å². The van der Waals surface area contributed by atoms with E-state index >= 15 is 0 Å². The Morgan fingerprint density at radius 2 is 2.00 bits per heavy atom. The van der Waals surface area contributed by atoms with Gasteiger partial charge < -0.3 is 5.32 Å². The molecule has 1 atom stereocenters. The van der Waals surface area contributed by atoms with Gasteiger partial charge >= 0.3 is 0 Å². The third kappa shape index (κ3) is 5.23. The summed E-state index contributed by atoms with van der Waals surface area (Å²) in [6, 6.07) is 9.47. The lowest BCUT2D eigenvalue weighted by Crippen LogP contribution is -2.36. The quantitative estimate of drug-likeness (QED) is 0.873. The normalized spacial score (nSPS) is 12.8. The van der Waals surface area contributed by atoms with Crippen LogP contribution in [0.2, 0.25) is 0 Å². The first-order chi connectivity index (χ1) is 10.3. The van der Waals surface area contributed by atoms with Crippen molar-refractivity contribution >= 4 is 27.1 Å². The lowest BCUT2D eigenvalue weighted by molar-refractivity contribution is 0.0947. The molecule has 0 aliphatic carbocycles. The molecule has 0 saturated carbocycles. The molecule has 7 heteroatoms. The van der Waals surface area contributed by atoms with Gasteiger partial charge in [0, 0.05) is 18.7 Å². The molecule has 0 bridgehead atoms. The number of amides is 1. The fraction of sp³-hybridized carbons (Fsp3) is 0.333. The molecule has 0 radical (unpaired) electrons. The minimum absolute atomic E-state index is 0.0750. The summed E-state index contributed by atoms with van der Waals surface area (Å²) >= 11 is 1.32. The predicted octanol–water partition coefficient (Wildman–Crippen LogP) is 1.90. The summed E-state index contributed by atoms with van der Waals surface area (Å²) in [6.45, 7) is 1.67. The van der Waals surface area contributed by atoms with Crippen LogP contribution in [0.1, 0.15) is 27.2 Å². The Balaban J connectivity index is 1.97. The van der Waals surface area contributed by atoms with Crippen molar-refractivity contribution in [2.24, 2.45) is 0 Å². The molecule has 1 aromatic carbocycles. The van der Waals surface area contributed by atoms with Crippen molar-refractivity contribution in [1.82, 2.24) is 10.3 Å². The smallest absolute Gasteiger partial charge is 0.263 e. The number of carbonyl (C=O) groups excluding carboxylic acids is 1. The van der Waals surface area contributed by atoms with Gasteiger partial charge in [-0.1, -0.05) is 30.3 Å². The van der Waals surface area contributed by atoms with Crippen molar-refractivity contribution in [2.75, 3.05) is 12.0 Å². The number of thiazole rings is 1. The number of nitrogens with one attached hydrogen (secondary N) is 1. The first-order valence-corrected chi connectivity index (χ1v) is 9.68. The Labute approximate surface area is 134 Å². The maximum Gasteiger partial charge on any atom is 0.263 e. The fourth-order valence-electron chi connectivity index (χ4n) is 2.06. The topological polar surface area (TPSA) is 76.1 Å². The summed E-state index contributed by atoms with van der Waals surface area (Å²) in [5, 5.41) is 3.54. The zero-order chi connectivity index (χ0) is 16.2. The van der Waals surface area contributed by atoms with Crippen LogP contribution < -0.4 is 5.32 Å². The standard InChI is InChI=1S/C15H18N2O3S2/c1-11(10-22(2,19)20)17-15(18)13-9-16-14(21-13)8-12-6-4-3-5-7-12/h3-7,9,11H,8,10H2,1-2H3,(H,17,18). The molecule has 5 nitrogen and oxygen atoms in total. The van der Waals surface area contributed by atoms with E-state index in [0.717, 1.165) is 16.8 Å². The third-order valence-corrected chi connectivity index (χ3v) is 5.01. The Kier molecular flexibility index (Phi) is 5.31. The number of carbonyl (C=O) groups is 1. The van der Waals surface area contributed by atoms with E-state index in [0.29, 0.717) is 11.3 Å². The van der Waals surface area contributed by atoms with Crippen molar-refractivity contribution < 1.29 is 13.2 Å². The van der Waals surface area contributed by atoms with E-state index in [-0.39, 0.29) is 11.7 Å². The van der Waals surface area contributed by atoms with Crippen molar-refractivity contribution in [3.8, 4) is 0 Å². The molecule has 1 unspecified atom stereocenters. The molecule has 118 valence electrons. The number of hydrogen-bond donors (Lipinski definition) is 1. The van der Waals surface area contributed by atoms with Gasteiger partial charge in [-0.15, -0.1) is 11.3 Å². The molecule has 1 N–H and O–H groups in total. The molecule has 0 spiro atoms. The zero-order valence-corrected chi connectivity index (χ0v) is 14.1. The summed E-state index contributed by atoms with van der Waals surface area (Å²) in [7, 11) is -3.11. The summed E-state index contributed by atoms with van der Waals surface area (Å²) in [5.41, 5.74) is 1.13. The molecular weight excluding hydrogens is 320 g/mol. The average Bonchev–Trinajstić information content (AvgIpc) is 2.86. The number of hydrogen-bond acceptors (Lipinski definition) is 5. The van der Waals surface area contributed by atoms with Crippen LogP contribution in [0, 0.1) is 0 Å². The van der Waals surface area contributed by atoms with Crippen LogP contribution in [0.5, 0.6) is 0 Å². The average molecular weight is 338 g/mol. The van der Waals surface area contributed by atoms with Crippen LogP contribution in [0.3, 0.4) is 0 Å². The Bertz CT molecular complexity index is 739. The second-order valence-corrected chi connectivity index (χ2v) is 8.55. The highest BCUT2D eigenvalue weighted by atomic mass is 32.2. The van der Waals surface area contributed by atoms with Gasteiger partial charge in [0.25, 0.3) is 5.91 Å². The molecule has 1 aromatic heterocycles. The molecule has 0 fully saturated rings. The van der Waals surface area contributed by atoms with Crippen molar-refractivity contribution in [3.63, 3.8) is 0 Å². The second kappa shape index (κ2) is 7.02. The van der Waals surface area contributed by atoms with E-state index < -0.39 is 15.9 Å². The summed E-state index contributed by atoms with van der Waals surface area (Å²) < 4.78 is 22.4. The van der Waals surface area contributed by atoms with Crippen LogP contribution in [0.25, 0.3) is 0 Å². The predicted molar refractivity (Wildman–Crippen MR) is 88.0 cm³/mol. The van der Waals surface area contributed by atoms with Gasteiger partial charge in [0.05, 0.1) is 17.0 Å². The van der Waals surface area contributed by atoms with Crippen LogP contribution in [0.4, 0.5) is 0 Å². The van der Waals surface area contributed by atoms with Gasteiger partial charge in [0.2, 0.25) is 0 Å². The summed E-state index contributed by atoms with van der Waals surface area (Å²) in [4.78, 5) is 16.8. The lowest BCUT2D eigenvalue weighted by Gasteiger charge is -2.11. The monoisotopic (exact) mass is 338 g/mol. The Hall–Kier alpha value is -1.73. The Morgan fingerprint density at radius 1 is 1.32 bits per heavy atom. The molecule has 22 heavy (non-hydrogen) atoms. The van der Waals surface area contributed by atoms with E-state index in [9.17, 15) is 13.2 Å². The van der Waals surface area contributed by atoms with Crippen LogP contribution in [-0.4, -0.2) is 37.4 Å². The van der Waals surface area contributed by atoms with E-state index in [2.05, 4.69) is 10.3 Å². The van der Waals surface area contributed by atoms with Gasteiger partial charge in [-0.25, -0.2) is 13.4 Å². The molecular formula is C15H18N2O3S2. The number of nitrogens with zero attached hydrogens (tertiary/aromatic N) is 1. The largest absolute Gasteiger partial charge is 0.348 e. The molecule has 0 saturated heterocycles. The summed E-state index contributed by atoms with van der Waals surface area (Å²) in [6.07, 6.45) is 3.36. The number of benzene rings is 1. The van der Waals surface area contributed by atoms with Crippen LogP contribution in [-0.2, 0) is 16.3 Å². The maximum atomic E-state index is 12.1. The number of rotatable bonds is 6. The van der Waals surface area contributed by atoms with Gasteiger partial charge in [-0.05, 0) is 12.5 Å². The minimum Gasteiger partial charge on any atom is -0.348 e. The molecule has 0 aliphatic heterocycles. The second-order valence-electron chi connectivity index (χ2n) is 5.25. The van der Waals surface area contributed by atoms with Crippen LogP contribution >= 0.6 is 11.3 Å². The van der Waals surface area contributed by atoms with Gasteiger partial charge in [0.15, 0.2) is 0 Å². The van der Waals surface area contributed by atoms with Crippen LogP contribution in [0.15, 0.2) is 36.5 Å². The number of aromatic nitrogens is 1. The maximum absolute atomic E-state index is 12.1. The number of sulfone groups is 1. The molecule has 0 aliphatic rings. The minimum atomic E-state index is -3.11. The first kappa shape index (κ1) is 16.6. The SMILES string of the molecule is CC(CS(C)(=O)=O)NC(=O)c1cnc(Cc2ccccc2)s1. The molecule has 1 amide bonds. The van der Waals surface area contributed by atoms with Gasteiger partial charge in [-0.2, -0.15) is 0 Å². The summed E-state index contributed by atoms with van der Waals surface area (Å²) in [5.74, 6) is -0.359. The first-order valence-electron chi connectivity index (χ1n) is 6.81. The third-order valence-electron chi connectivity index (χ3n) is 2.91. The highest BCUT2D eigenvalue weighted by Crippen LogP contribution is 2.17. The lowest BCUT2D eigenvalue weighted by atomic mass is 10.2. The molecule has 1 heterocycles. The van der Waals surface area contributed by atoms with E-state index in [1.165, 1.54) is 17.5 Å². The van der Waals surface area contributed by atoms with Crippen molar-refractivity contribution in [3.05, 3.63) is 52.0 Å². The van der Waals surface area contributed by atoms with Gasteiger partial charge in [-0.3, -0.25) is 4.79 Å². The molecule has 2 aromatic rings. The zero-order valence-electron chi connectivity index (χ0n) is 12.4. The fourth-order valence-corrected chi connectivity index (χ4v) is 3.90. The molecule has 2 rings (SSSR count). The van der Waals surface area contributed by atoms with Crippen molar-refractivity contribution in [2.45, 2.75) is 19.4 Å². The van der Waals surface area contributed by atoms with E-state index in [1.807, 2.05) is 30.3 Å². The Morgan fingerprint density at radius 3 is 2.64 bits per heavy atom. The van der Waals surface area contributed by atoms with E-state index in [4.69, 9.17) is 0 Å². The highest BCUT2D eigenvalue weighted by Gasteiger charge is 2.16. The van der Waals surface area contributed by atoms with Crippen molar-refractivity contribution in [1.29, 1.82) is 0 Å². The highest BCUT2D eigenvalue weighted by molar-refractivity contribution is 7.90.